The standard InChI is InChI=1S/C26H24NO.C13H24O2.Ir/c1-15-8-16(2)20-13-22-21(12-19(20)9-15)25-24-18(6-7-27-25)10-17(11-23(24)28-22)14-26(3,4)5;1-5-10(6-2)12(14)9-13(15)11(7-3)8-4;/h6-11,13H,14H2,1-5H3;9-11,14H,5-8H2,1-4H3;/q-1;;/b;12-9-;. The van der Waals surface area contributed by atoms with Crippen molar-refractivity contribution in [2.45, 2.75) is 94.4 Å². The first-order chi connectivity index (χ1) is 20.4. The second-order valence-electron chi connectivity index (χ2n) is 13.2. The number of rotatable bonds is 8. The zero-order valence-electron chi connectivity index (χ0n) is 27.9. The predicted molar refractivity (Wildman–Crippen MR) is 180 cm³/mol. The number of aromatic nitrogens is 1. The van der Waals surface area contributed by atoms with Crippen molar-refractivity contribution in [2.24, 2.45) is 17.3 Å². The van der Waals surface area contributed by atoms with Crippen molar-refractivity contribution in [1.82, 2.24) is 4.98 Å². The van der Waals surface area contributed by atoms with E-state index in [4.69, 9.17) is 9.72 Å². The number of fused-ring (bicyclic) bond motifs is 3. The second-order valence-corrected chi connectivity index (χ2v) is 13.2. The average molecular weight is 771 g/mol. The van der Waals surface area contributed by atoms with Gasteiger partial charge < -0.3 is 9.84 Å². The maximum Gasteiger partial charge on any atom is 0.162 e. The third kappa shape index (κ3) is 7.98. The van der Waals surface area contributed by atoms with Gasteiger partial charge in [0.15, 0.2) is 5.78 Å². The first-order valence-corrected chi connectivity index (χ1v) is 15.9. The van der Waals surface area contributed by atoms with Crippen LogP contribution in [0.5, 0.6) is 11.5 Å². The molecule has 5 rings (SSSR count). The predicted octanol–water partition coefficient (Wildman–Crippen LogP) is 11.0. The van der Waals surface area contributed by atoms with E-state index in [1.54, 1.807) is 0 Å². The Balaban J connectivity index is 0.000000286. The number of pyridine rings is 1. The van der Waals surface area contributed by atoms with Gasteiger partial charge in [-0.2, -0.15) is 0 Å². The van der Waals surface area contributed by atoms with E-state index < -0.39 is 0 Å². The van der Waals surface area contributed by atoms with Gasteiger partial charge in [-0.25, -0.2) is 0 Å². The van der Waals surface area contributed by atoms with Gasteiger partial charge in [-0.1, -0.05) is 88.7 Å². The molecule has 4 nitrogen and oxygen atoms in total. The van der Waals surface area contributed by atoms with Crippen molar-refractivity contribution < 1.29 is 34.7 Å². The molecule has 0 aliphatic carbocycles. The quantitative estimate of drug-likeness (QED) is 0.0970. The monoisotopic (exact) mass is 771 g/mol. The summed E-state index contributed by atoms with van der Waals surface area (Å²) in [6.45, 7) is 19.1. The number of carbonyl (C=O) groups is 1. The molecule has 0 saturated heterocycles. The minimum absolute atomic E-state index is 0. The molecular weight excluding hydrogens is 723 g/mol. The van der Waals surface area contributed by atoms with Crippen LogP contribution in [-0.2, 0) is 31.3 Å². The van der Waals surface area contributed by atoms with E-state index >= 15 is 0 Å². The zero-order valence-corrected chi connectivity index (χ0v) is 30.2. The molecule has 2 heterocycles. The smallest absolute Gasteiger partial charge is 0.162 e. The Morgan fingerprint density at radius 2 is 1.61 bits per heavy atom. The third-order valence-electron chi connectivity index (χ3n) is 8.47. The SMILES string of the molecule is CCC(CC)C(=O)/C=C(\O)C(CC)CC.Cc1cc(C)c2cc3c([c-]c2c1)-c1nccc2cc(CC(C)(C)C)cc(c12)O3.[Ir]. The van der Waals surface area contributed by atoms with Crippen LogP contribution in [0.3, 0.4) is 0 Å². The maximum absolute atomic E-state index is 11.7. The van der Waals surface area contributed by atoms with Crippen molar-refractivity contribution in [3.8, 4) is 22.8 Å². The second kappa shape index (κ2) is 14.8. The van der Waals surface area contributed by atoms with E-state index in [0.29, 0.717) is 0 Å². The maximum atomic E-state index is 11.7. The molecule has 0 saturated carbocycles. The number of aliphatic hydroxyl groups is 1. The van der Waals surface area contributed by atoms with Crippen LogP contribution in [-0.4, -0.2) is 15.9 Å². The number of nitrogens with zero attached hydrogens (tertiary/aromatic N) is 1. The van der Waals surface area contributed by atoms with Gasteiger partial charge in [0.1, 0.15) is 5.75 Å². The van der Waals surface area contributed by atoms with Crippen molar-refractivity contribution in [2.75, 3.05) is 0 Å². The number of ketones is 1. The van der Waals surface area contributed by atoms with Gasteiger partial charge in [0.2, 0.25) is 0 Å². The molecule has 5 heteroatoms. The Morgan fingerprint density at radius 3 is 2.23 bits per heavy atom. The first-order valence-electron chi connectivity index (χ1n) is 15.9. The molecule has 4 aromatic rings. The number of aryl methyl sites for hydroxylation is 2. The summed E-state index contributed by atoms with van der Waals surface area (Å²) in [4.78, 5) is 16.4. The van der Waals surface area contributed by atoms with Gasteiger partial charge in [0.05, 0.1) is 11.5 Å². The van der Waals surface area contributed by atoms with E-state index in [1.807, 2.05) is 33.9 Å². The third-order valence-corrected chi connectivity index (χ3v) is 8.47. The molecule has 0 spiro atoms. The Kier molecular flexibility index (Phi) is 12.0. The number of aliphatic hydroxyl groups excluding tert-OH is 1. The number of hydrogen-bond acceptors (Lipinski definition) is 4. The van der Waals surface area contributed by atoms with Crippen LogP contribution < -0.4 is 4.74 Å². The largest absolute Gasteiger partial charge is 0.512 e. The van der Waals surface area contributed by atoms with Crippen molar-refractivity contribution in [3.63, 3.8) is 0 Å². The van der Waals surface area contributed by atoms with Gasteiger partial charge in [-0.15, -0.1) is 17.5 Å². The molecule has 3 aromatic carbocycles. The fourth-order valence-electron chi connectivity index (χ4n) is 6.15. The molecule has 237 valence electrons. The van der Waals surface area contributed by atoms with Crippen LogP contribution in [0.25, 0.3) is 32.8 Å². The Labute approximate surface area is 277 Å². The molecule has 0 atom stereocenters. The Hall–Kier alpha value is -3.01. The van der Waals surface area contributed by atoms with Gasteiger partial charge in [-0.05, 0) is 74.4 Å². The Morgan fingerprint density at radius 1 is 0.955 bits per heavy atom. The summed E-state index contributed by atoms with van der Waals surface area (Å²) < 4.78 is 6.43. The number of benzene rings is 3. The molecule has 44 heavy (non-hydrogen) atoms. The van der Waals surface area contributed by atoms with E-state index in [2.05, 4.69) is 77.1 Å². The van der Waals surface area contributed by atoms with E-state index in [-0.39, 0.29) is 48.9 Å². The van der Waals surface area contributed by atoms with E-state index in [9.17, 15) is 9.90 Å². The number of ether oxygens (including phenoxy) is 1. The summed E-state index contributed by atoms with van der Waals surface area (Å²) in [5.74, 6) is 2.30. The first kappa shape index (κ1) is 35.5. The summed E-state index contributed by atoms with van der Waals surface area (Å²) >= 11 is 0. The van der Waals surface area contributed by atoms with Crippen LogP contribution >= 0.6 is 0 Å². The number of carbonyl (C=O) groups excluding carboxylic acids is 1. The van der Waals surface area contributed by atoms with Gasteiger partial charge in [-0.3, -0.25) is 9.78 Å². The molecule has 1 aliphatic heterocycles. The van der Waals surface area contributed by atoms with Crippen molar-refractivity contribution in [1.29, 1.82) is 0 Å². The van der Waals surface area contributed by atoms with Crippen LogP contribution in [0.15, 0.2) is 54.4 Å². The van der Waals surface area contributed by atoms with Gasteiger partial charge in [0.25, 0.3) is 0 Å². The fraction of sp³-hybridized carbons (Fsp3) is 0.436. The number of allylic oxidation sites excluding steroid dienone is 2. The van der Waals surface area contributed by atoms with Crippen molar-refractivity contribution >= 4 is 27.3 Å². The summed E-state index contributed by atoms with van der Waals surface area (Å²) in [5, 5.41) is 14.3. The minimum Gasteiger partial charge on any atom is -0.512 e. The summed E-state index contributed by atoms with van der Waals surface area (Å²) in [5.41, 5.74) is 5.94. The summed E-state index contributed by atoms with van der Waals surface area (Å²) in [7, 11) is 0. The van der Waals surface area contributed by atoms with Crippen LogP contribution in [0.2, 0.25) is 0 Å². The fourth-order valence-corrected chi connectivity index (χ4v) is 6.15. The number of hydrogen-bond donors (Lipinski definition) is 1. The molecule has 0 amide bonds. The average Bonchev–Trinajstić information content (AvgIpc) is 2.93. The van der Waals surface area contributed by atoms with Crippen LogP contribution in [0, 0.1) is 37.2 Å². The van der Waals surface area contributed by atoms with E-state index in [1.165, 1.54) is 33.5 Å². The molecule has 1 aliphatic rings. The van der Waals surface area contributed by atoms with Gasteiger partial charge in [0, 0.05) is 55.3 Å². The van der Waals surface area contributed by atoms with E-state index in [0.717, 1.165) is 65.6 Å². The molecule has 1 aromatic heterocycles. The Bertz CT molecular complexity index is 1660. The normalized spacial score (nSPS) is 12.5. The molecule has 0 unspecified atom stereocenters. The minimum atomic E-state index is 0. The molecule has 1 N–H and O–H groups in total. The topological polar surface area (TPSA) is 59.4 Å². The van der Waals surface area contributed by atoms with Crippen molar-refractivity contribution in [3.05, 3.63) is 77.2 Å². The van der Waals surface area contributed by atoms with Crippen LogP contribution in [0.4, 0.5) is 0 Å². The zero-order chi connectivity index (χ0) is 31.5. The van der Waals surface area contributed by atoms with Gasteiger partial charge >= 0.3 is 0 Å². The molecule has 0 fully saturated rings. The molecule has 0 bridgehead atoms. The summed E-state index contributed by atoms with van der Waals surface area (Å²) in [6.07, 6.45) is 7.81. The molecular formula is C39H48IrNO3-. The van der Waals surface area contributed by atoms with Crippen LogP contribution in [0.1, 0.15) is 90.8 Å². The summed E-state index contributed by atoms with van der Waals surface area (Å²) in [6, 6.07) is 16.7. The molecule has 1 radical (unpaired) electrons.